The average Bonchev–Trinajstić information content (AvgIpc) is 2.03. The molecule has 64 valence electrons. The van der Waals surface area contributed by atoms with E-state index in [1.807, 2.05) is 18.2 Å². The summed E-state index contributed by atoms with van der Waals surface area (Å²) in [5, 5.41) is 1.28. The summed E-state index contributed by atoms with van der Waals surface area (Å²) in [5.74, 6) is 0.485. The second-order valence-corrected chi connectivity index (χ2v) is 3.37. The molecule has 1 aromatic carbocycles. The molecule has 3 heteroatoms. The molecule has 0 amide bonds. The van der Waals surface area contributed by atoms with Crippen LogP contribution in [0.25, 0.3) is 6.08 Å². The summed E-state index contributed by atoms with van der Waals surface area (Å²) in [6.07, 6.45) is 3.70. The predicted octanol–water partition coefficient (Wildman–Crippen LogP) is 4.25. The first-order valence-electron chi connectivity index (χ1n) is 3.41. The summed E-state index contributed by atoms with van der Waals surface area (Å²) in [6, 6.07) is 5.35. The quantitative estimate of drug-likeness (QED) is 0.655. The van der Waals surface area contributed by atoms with Crippen molar-refractivity contribution in [2.24, 2.45) is 0 Å². The SMILES string of the molecule is ClC/C=C/c1ccc(Cl)cc1Cl. The number of benzene rings is 1. The molecule has 0 saturated heterocycles. The molecule has 0 N–H and O–H groups in total. The van der Waals surface area contributed by atoms with Gasteiger partial charge in [-0.05, 0) is 17.7 Å². The molecule has 0 heterocycles. The Morgan fingerprint density at radius 1 is 1.25 bits per heavy atom. The first-order chi connectivity index (χ1) is 5.74. The first kappa shape index (κ1) is 9.91. The van der Waals surface area contributed by atoms with Crippen LogP contribution in [0.1, 0.15) is 5.56 Å². The lowest BCUT2D eigenvalue weighted by molar-refractivity contribution is 1.64. The summed E-state index contributed by atoms with van der Waals surface area (Å²) >= 11 is 17.1. The van der Waals surface area contributed by atoms with Crippen molar-refractivity contribution in [3.8, 4) is 0 Å². The number of hydrogen-bond acceptors (Lipinski definition) is 0. The zero-order valence-electron chi connectivity index (χ0n) is 6.23. The first-order valence-corrected chi connectivity index (χ1v) is 4.70. The number of allylic oxidation sites excluding steroid dienone is 1. The van der Waals surface area contributed by atoms with E-state index < -0.39 is 0 Å². The summed E-state index contributed by atoms with van der Waals surface area (Å²) in [6.45, 7) is 0. The summed E-state index contributed by atoms with van der Waals surface area (Å²) < 4.78 is 0. The normalized spacial score (nSPS) is 10.9. The minimum atomic E-state index is 0.485. The van der Waals surface area contributed by atoms with E-state index >= 15 is 0 Å². The second kappa shape index (κ2) is 4.76. The van der Waals surface area contributed by atoms with Gasteiger partial charge < -0.3 is 0 Å². The van der Waals surface area contributed by atoms with Crippen LogP contribution >= 0.6 is 34.8 Å². The van der Waals surface area contributed by atoms with E-state index in [1.54, 1.807) is 12.1 Å². The van der Waals surface area contributed by atoms with Gasteiger partial charge in [0.15, 0.2) is 0 Å². The number of alkyl halides is 1. The van der Waals surface area contributed by atoms with Gasteiger partial charge in [0.05, 0.1) is 0 Å². The Hall–Kier alpha value is -0.170. The van der Waals surface area contributed by atoms with E-state index in [9.17, 15) is 0 Å². The van der Waals surface area contributed by atoms with Gasteiger partial charge in [-0.25, -0.2) is 0 Å². The molecular weight excluding hydrogens is 214 g/mol. The molecule has 12 heavy (non-hydrogen) atoms. The summed E-state index contributed by atoms with van der Waals surface area (Å²) in [4.78, 5) is 0. The van der Waals surface area contributed by atoms with Crippen LogP contribution < -0.4 is 0 Å². The van der Waals surface area contributed by atoms with E-state index in [-0.39, 0.29) is 0 Å². The fraction of sp³-hybridized carbons (Fsp3) is 0.111. The maximum absolute atomic E-state index is 5.89. The molecule has 1 rings (SSSR count). The summed E-state index contributed by atoms with van der Waals surface area (Å²) in [5.41, 5.74) is 0.932. The highest BCUT2D eigenvalue weighted by Crippen LogP contribution is 2.21. The standard InChI is InChI=1S/C9H7Cl3/c10-5-1-2-7-3-4-8(11)6-9(7)12/h1-4,6H,5H2/b2-1+. The Morgan fingerprint density at radius 3 is 2.58 bits per heavy atom. The van der Waals surface area contributed by atoms with Crippen molar-refractivity contribution < 1.29 is 0 Å². The van der Waals surface area contributed by atoms with Gasteiger partial charge in [0.1, 0.15) is 0 Å². The van der Waals surface area contributed by atoms with E-state index in [1.165, 1.54) is 0 Å². The Bertz CT molecular complexity index is 292. The monoisotopic (exact) mass is 220 g/mol. The van der Waals surface area contributed by atoms with Crippen LogP contribution in [0, 0.1) is 0 Å². The van der Waals surface area contributed by atoms with E-state index in [4.69, 9.17) is 34.8 Å². The zero-order valence-corrected chi connectivity index (χ0v) is 8.50. The smallest absolute Gasteiger partial charge is 0.0493 e. The molecule has 0 nitrogen and oxygen atoms in total. The maximum atomic E-state index is 5.89. The lowest BCUT2D eigenvalue weighted by atomic mass is 10.2. The number of halogens is 3. The van der Waals surface area contributed by atoms with E-state index in [0.29, 0.717) is 15.9 Å². The van der Waals surface area contributed by atoms with Crippen LogP contribution in [0.3, 0.4) is 0 Å². The fourth-order valence-corrected chi connectivity index (χ4v) is 1.37. The van der Waals surface area contributed by atoms with Gasteiger partial charge in [0.25, 0.3) is 0 Å². The van der Waals surface area contributed by atoms with Crippen LogP contribution in [0.5, 0.6) is 0 Å². The topological polar surface area (TPSA) is 0 Å². The maximum Gasteiger partial charge on any atom is 0.0493 e. The Kier molecular flexibility index (Phi) is 3.93. The lowest BCUT2D eigenvalue weighted by Crippen LogP contribution is -1.74. The minimum absolute atomic E-state index is 0.485. The van der Waals surface area contributed by atoms with Gasteiger partial charge in [-0.3, -0.25) is 0 Å². The Morgan fingerprint density at radius 2 is 2.00 bits per heavy atom. The van der Waals surface area contributed by atoms with Crippen molar-refractivity contribution in [3.63, 3.8) is 0 Å². The van der Waals surface area contributed by atoms with Crippen LogP contribution in [-0.4, -0.2) is 5.88 Å². The molecule has 0 saturated carbocycles. The number of rotatable bonds is 2. The van der Waals surface area contributed by atoms with Crippen LogP contribution in [0.2, 0.25) is 10.0 Å². The molecule has 1 aromatic rings. The molecule has 0 aliphatic carbocycles. The largest absolute Gasteiger partial charge is 0.122 e. The fourth-order valence-electron chi connectivity index (χ4n) is 0.808. The van der Waals surface area contributed by atoms with E-state index in [2.05, 4.69) is 0 Å². The molecule has 0 atom stereocenters. The summed E-state index contributed by atoms with van der Waals surface area (Å²) in [7, 11) is 0. The molecule has 0 unspecified atom stereocenters. The van der Waals surface area contributed by atoms with Crippen molar-refractivity contribution >= 4 is 40.9 Å². The third-order valence-corrected chi connectivity index (χ3v) is 2.09. The van der Waals surface area contributed by atoms with Crippen LogP contribution in [-0.2, 0) is 0 Å². The van der Waals surface area contributed by atoms with Crippen molar-refractivity contribution in [3.05, 3.63) is 39.9 Å². The number of hydrogen-bond donors (Lipinski definition) is 0. The highest BCUT2D eigenvalue weighted by atomic mass is 35.5. The highest BCUT2D eigenvalue weighted by Gasteiger charge is 1.95. The van der Waals surface area contributed by atoms with Gasteiger partial charge in [0, 0.05) is 15.9 Å². The van der Waals surface area contributed by atoms with Gasteiger partial charge in [-0.15, -0.1) is 11.6 Å². The van der Waals surface area contributed by atoms with Crippen LogP contribution in [0.4, 0.5) is 0 Å². The van der Waals surface area contributed by atoms with Gasteiger partial charge in [0.2, 0.25) is 0 Å². The predicted molar refractivity (Wildman–Crippen MR) is 56.2 cm³/mol. The average molecular weight is 222 g/mol. The Labute approximate surface area is 86.7 Å². The third-order valence-electron chi connectivity index (χ3n) is 1.35. The lowest BCUT2D eigenvalue weighted by Gasteiger charge is -1.97. The van der Waals surface area contributed by atoms with Gasteiger partial charge in [-0.2, -0.15) is 0 Å². The van der Waals surface area contributed by atoms with Gasteiger partial charge >= 0.3 is 0 Å². The molecule has 0 aliphatic heterocycles. The zero-order chi connectivity index (χ0) is 8.97. The Balaban J connectivity index is 2.94. The van der Waals surface area contributed by atoms with Crippen molar-refractivity contribution in [2.45, 2.75) is 0 Å². The molecule has 0 radical (unpaired) electrons. The van der Waals surface area contributed by atoms with E-state index in [0.717, 1.165) is 5.56 Å². The molecule has 0 aromatic heterocycles. The molecule has 0 aliphatic rings. The molecule has 0 bridgehead atoms. The molecule has 0 spiro atoms. The van der Waals surface area contributed by atoms with Crippen molar-refractivity contribution in [2.75, 3.05) is 5.88 Å². The van der Waals surface area contributed by atoms with Gasteiger partial charge in [-0.1, -0.05) is 41.4 Å². The second-order valence-electron chi connectivity index (χ2n) is 2.22. The van der Waals surface area contributed by atoms with Crippen molar-refractivity contribution in [1.29, 1.82) is 0 Å². The van der Waals surface area contributed by atoms with Crippen molar-refractivity contribution in [1.82, 2.24) is 0 Å². The minimum Gasteiger partial charge on any atom is -0.122 e. The third kappa shape index (κ3) is 2.71. The molecule has 0 fully saturated rings. The molecular formula is C9H7Cl3. The van der Waals surface area contributed by atoms with Crippen LogP contribution in [0.15, 0.2) is 24.3 Å². The highest BCUT2D eigenvalue weighted by molar-refractivity contribution is 6.35.